The van der Waals surface area contributed by atoms with Crippen molar-refractivity contribution in [2.24, 2.45) is 11.5 Å². The number of aliphatic carboxylic acids is 3. The van der Waals surface area contributed by atoms with Crippen molar-refractivity contribution < 1.29 is 49.2 Å². The van der Waals surface area contributed by atoms with Crippen LogP contribution in [-0.4, -0.2) is 92.9 Å². The van der Waals surface area contributed by atoms with Gasteiger partial charge in [0.25, 0.3) is 0 Å². The van der Waals surface area contributed by atoms with Crippen LogP contribution in [0.3, 0.4) is 0 Å². The minimum atomic E-state index is -1.61. The molecular formula is C20H35N5O10. The van der Waals surface area contributed by atoms with Crippen molar-refractivity contribution in [3.63, 3.8) is 0 Å². The lowest BCUT2D eigenvalue weighted by Crippen LogP contribution is -2.59. The number of carboxylic acids is 3. The van der Waals surface area contributed by atoms with Crippen molar-refractivity contribution in [2.45, 2.75) is 82.1 Å². The van der Waals surface area contributed by atoms with Gasteiger partial charge in [-0.25, -0.2) is 4.79 Å². The summed E-state index contributed by atoms with van der Waals surface area (Å²) in [5.74, 6) is -6.74. The quantitative estimate of drug-likeness (QED) is 0.0848. The normalized spacial score (nSPS) is 15.1. The molecule has 5 atom stereocenters. The molecule has 0 aliphatic carbocycles. The highest BCUT2D eigenvalue weighted by molar-refractivity contribution is 5.94. The molecule has 35 heavy (non-hydrogen) atoms. The van der Waals surface area contributed by atoms with Crippen molar-refractivity contribution in [1.82, 2.24) is 16.0 Å². The van der Waals surface area contributed by atoms with E-state index in [-0.39, 0.29) is 12.8 Å². The van der Waals surface area contributed by atoms with Gasteiger partial charge in [0, 0.05) is 12.8 Å². The number of hydrogen-bond acceptors (Lipinski definition) is 9. The van der Waals surface area contributed by atoms with Gasteiger partial charge < -0.3 is 47.8 Å². The molecule has 0 aromatic carbocycles. The smallest absolute Gasteiger partial charge is 0.326 e. The van der Waals surface area contributed by atoms with Crippen LogP contribution in [0.15, 0.2) is 0 Å². The highest BCUT2D eigenvalue weighted by atomic mass is 16.4. The lowest BCUT2D eigenvalue weighted by molar-refractivity contribution is -0.143. The SMILES string of the molecule is CC(O)C(NC(=O)C(N)CCC(=O)O)C(=O)NC(CCC(=O)O)C(=O)NC(CCCCN)C(=O)O. The number of nitrogens with one attached hydrogen (secondary N) is 3. The van der Waals surface area contributed by atoms with Crippen LogP contribution in [0.1, 0.15) is 51.9 Å². The lowest BCUT2D eigenvalue weighted by Gasteiger charge is -2.26. The molecule has 0 rings (SSSR count). The molecule has 0 aliphatic rings. The average Bonchev–Trinajstić information content (AvgIpc) is 2.76. The van der Waals surface area contributed by atoms with Crippen molar-refractivity contribution in [1.29, 1.82) is 0 Å². The Kier molecular flexibility index (Phi) is 14.8. The van der Waals surface area contributed by atoms with Crippen LogP contribution in [0.25, 0.3) is 0 Å². The van der Waals surface area contributed by atoms with Crippen LogP contribution in [0.5, 0.6) is 0 Å². The monoisotopic (exact) mass is 505 g/mol. The first-order valence-corrected chi connectivity index (χ1v) is 11.0. The van der Waals surface area contributed by atoms with Gasteiger partial charge in [0.15, 0.2) is 0 Å². The second kappa shape index (κ2) is 16.3. The first kappa shape index (κ1) is 31.7. The molecule has 0 aromatic heterocycles. The number of aliphatic hydroxyl groups is 1. The van der Waals surface area contributed by atoms with E-state index in [4.69, 9.17) is 21.7 Å². The average molecular weight is 506 g/mol. The molecule has 11 N–H and O–H groups in total. The first-order chi connectivity index (χ1) is 16.3. The van der Waals surface area contributed by atoms with Crippen molar-refractivity contribution in [3.05, 3.63) is 0 Å². The van der Waals surface area contributed by atoms with Crippen LogP contribution in [0.2, 0.25) is 0 Å². The number of rotatable bonds is 18. The molecule has 0 bridgehead atoms. The Balaban J connectivity index is 5.43. The number of amides is 3. The maximum atomic E-state index is 12.7. The molecule has 0 spiro atoms. The van der Waals surface area contributed by atoms with Gasteiger partial charge in [-0.3, -0.25) is 24.0 Å². The van der Waals surface area contributed by atoms with E-state index < -0.39 is 85.2 Å². The van der Waals surface area contributed by atoms with E-state index in [1.165, 1.54) is 0 Å². The summed E-state index contributed by atoms with van der Waals surface area (Å²) >= 11 is 0. The van der Waals surface area contributed by atoms with E-state index in [1.54, 1.807) is 0 Å². The summed E-state index contributed by atoms with van der Waals surface area (Å²) in [6.45, 7) is 1.49. The van der Waals surface area contributed by atoms with E-state index in [1.807, 2.05) is 0 Å². The summed E-state index contributed by atoms with van der Waals surface area (Å²) in [5, 5.41) is 43.6. The van der Waals surface area contributed by atoms with Gasteiger partial charge in [0.05, 0.1) is 12.1 Å². The molecule has 3 amide bonds. The Morgan fingerprint density at radius 2 is 1.29 bits per heavy atom. The lowest BCUT2D eigenvalue weighted by atomic mass is 10.1. The van der Waals surface area contributed by atoms with E-state index in [2.05, 4.69) is 16.0 Å². The molecule has 200 valence electrons. The number of carbonyl (C=O) groups is 6. The number of carboxylic acid groups (broad SMARTS) is 3. The van der Waals surface area contributed by atoms with Crippen LogP contribution in [0, 0.1) is 0 Å². The molecule has 0 aliphatic heterocycles. The standard InChI is InChI=1S/C20H35N5O10/c1-10(26)16(25-17(31)11(22)5-7-14(27)28)19(33)23-12(6-8-15(29)30)18(32)24-13(20(34)35)4-2-3-9-21/h10-13,16,26H,2-9,21-22H2,1H3,(H,23,33)(H,24,32)(H,25,31)(H,27,28)(H,29,30)(H,34,35). The summed E-state index contributed by atoms with van der Waals surface area (Å²) in [6.07, 6.45) is -2.10. The molecule has 0 heterocycles. The first-order valence-electron chi connectivity index (χ1n) is 11.0. The van der Waals surface area contributed by atoms with Crippen molar-refractivity contribution in [3.8, 4) is 0 Å². The molecule has 5 unspecified atom stereocenters. The number of carbonyl (C=O) groups excluding carboxylic acids is 3. The Bertz CT molecular complexity index is 761. The number of aliphatic hydroxyl groups excluding tert-OH is 1. The maximum Gasteiger partial charge on any atom is 0.326 e. The third-order valence-corrected chi connectivity index (χ3v) is 4.91. The van der Waals surface area contributed by atoms with Gasteiger partial charge in [0.2, 0.25) is 17.7 Å². The largest absolute Gasteiger partial charge is 0.481 e. The number of hydrogen-bond donors (Lipinski definition) is 9. The van der Waals surface area contributed by atoms with Crippen molar-refractivity contribution in [2.75, 3.05) is 6.54 Å². The molecular weight excluding hydrogens is 470 g/mol. The highest BCUT2D eigenvalue weighted by Crippen LogP contribution is 2.06. The van der Waals surface area contributed by atoms with E-state index in [9.17, 15) is 39.0 Å². The van der Waals surface area contributed by atoms with Gasteiger partial charge in [-0.2, -0.15) is 0 Å². The van der Waals surface area contributed by atoms with Crippen LogP contribution in [0.4, 0.5) is 0 Å². The summed E-state index contributed by atoms with van der Waals surface area (Å²) < 4.78 is 0. The predicted molar refractivity (Wildman–Crippen MR) is 120 cm³/mol. The van der Waals surface area contributed by atoms with Gasteiger partial charge in [-0.1, -0.05) is 0 Å². The fourth-order valence-corrected chi connectivity index (χ4v) is 2.90. The van der Waals surface area contributed by atoms with Crippen LogP contribution in [-0.2, 0) is 28.8 Å². The molecule has 15 nitrogen and oxygen atoms in total. The minimum Gasteiger partial charge on any atom is -0.481 e. The highest BCUT2D eigenvalue weighted by Gasteiger charge is 2.32. The van der Waals surface area contributed by atoms with Gasteiger partial charge in [0.1, 0.15) is 18.1 Å². The zero-order chi connectivity index (χ0) is 27.1. The molecule has 0 aromatic rings. The Morgan fingerprint density at radius 3 is 1.77 bits per heavy atom. The molecule has 0 saturated carbocycles. The van der Waals surface area contributed by atoms with Crippen LogP contribution < -0.4 is 27.4 Å². The summed E-state index contributed by atoms with van der Waals surface area (Å²) in [6, 6.07) is -5.71. The number of unbranched alkanes of at least 4 members (excludes halogenated alkanes) is 1. The van der Waals surface area contributed by atoms with Crippen molar-refractivity contribution >= 4 is 35.6 Å². The second-order valence-corrected chi connectivity index (χ2v) is 7.94. The zero-order valence-corrected chi connectivity index (χ0v) is 19.4. The number of nitrogens with two attached hydrogens (primary N) is 2. The predicted octanol–water partition coefficient (Wildman–Crippen LogP) is -2.91. The van der Waals surface area contributed by atoms with Gasteiger partial charge in [-0.05, 0) is 45.6 Å². The summed E-state index contributed by atoms with van der Waals surface area (Å²) in [5.41, 5.74) is 11.0. The fraction of sp³-hybridized carbons (Fsp3) is 0.700. The maximum absolute atomic E-state index is 12.7. The second-order valence-electron chi connectivity index (χ2n) is 7.94. The fourth-order valence-electron chi connectivity index (χ4n) is 2.90. The zero-order valence-electron chi connectivity index (χ0n) is 19.4. The van der Waals surface area contributed by atoms with Gasteiger partial charge in [-0.15, -0.1) is 0 Å². The Labute approximate surface area is 201 Å². The van der Waals surface area contributed by atoms with E-state index in [0.717, 1.165) is 6.92 Å². The molecule has 0 fully saturated rings. The molecule has 0 saturated heterocycles. The third-order valence-electron chi connectivity index (χ3n) is 4.91. The van der Waals surface area contributed by atoms with Gasteiger partial charge >= 0.3 is 17.9 Å². The topological polar surface area (TPSA) is 271 Å². The van der Waals surface area contributed by atoms with E-state index in [0.29, 0.717) is 19.4 Å². The summed E-state index contributed by atoms with van der Waals surface area (Å²) in [7, 11) is 0. The third kappa shape index (κ3) is 13.2. The summed E-state index contributed by atoms with van der Waals surface area (Å²) in [4.78, 5) is 70.7. The molecule has 0 radical (unpaired) electrons. The van der Waals surface area contributed by atoms with Crippen LogP contribution >= 0.6 is 0 Å². The molecule has 15 heteroatoms. The Morgan fingerprint density at radius 1 is 0.743 bits per heavy atom. The van der Waals surface area contributed by atoms with E-state index >= 15 is 0 Å². The minimum absolute atomic E-state index is 0.0540. The Hall–Kier alpha value is -3.30.